The molecular weight excluding hydrogens is 270 g/mol. The number of benzene rings is 1. The molecule has 0 fully saturated rings. The van der Waals surface area contributed by atoms with Crippen LogP contribution in [0.2, 0.25) is 0 Å². The van der Waals surface area contributed by atoms with E-state index in [0.717, 1.165) is 0 Å². The Balaban J connectivity index is 1.83. The van der Waals surface area contributed by atoms with Crippen LogP contribution in [0.1, 0.15) is 29.1 Å². The van der Waals surface area contributed by atoms with Crippen molar-refractivity contribution >= 4 is 11.8 Å². The maximum absolute atomic E-state index is 11.8. The molecule has 1 atom stereocenters. The maximum atomic E-state index is 11.8. The summed E-state index contributed by atoms with van der Waals surface area (Å²) in [5, 5.41) is 13.0. The molecule has 0 radical (unpaired) electrons. The monoisotopic (exact) mass is 287 g/mol. The number of carbonyl (C=O) groups is 2. The third kappa shape index (κ3) is 3.88. The van der Waals surface area contributed by atoms with Crippen LogP contribution < -0.4 is 10.6 Å². The van der Waals surface area contributed by atoms with Gasteiger partial charge in [0.05, 0.1) is 12.6 Å². The van der Waals surface area contributed by atoms with Crippen LogP contribution in [0.15, 0.2) is 36.7 Å². The summed E-state index contributed by atoms with van der Waals surface area (Å²) >= 11 is 0. The van der Waals surface area contributed by atoms with E-state index in [1.807, 2.05) is 6.07 Å². The predicted molar refractivity (Wildman–Crippen MR) is 76.3 cm³/mol. The Morgan fingerprint density at radius 2 is 2.00 bits per heavy atom. The van der Waals surface area contributed by atoms with Crippen LogP contribution in [0.3, 0.4) is 0 Å². The van der Waals surface area contributed by atoms with Gasteiger partial charge in [-0.2, -0.15) is 0 Å². The van der Waals surface area contributed by atoms with Gasteiger partial charge >= 0.3 is 0 Å². The molecular formula is C14H17N5O2. The molecule has 0 saturated heterocycles. The van der Waals surface area contributed by atoms with Crippen molar-refractivity contribution in [2.45, 2.75) is 13.0 Å². The van der Waals surface area contributed by atoms with Crippen LogP contribution in [0, 0.1) is 0 Å². The van der Waals surface area contributed by atoms with E-state index in [9.17, 15) is 9.59 Å². The molecule has 7 heteroatoms. The lowest BCUT2D eigenvalue weighted by Gasteiger charge is -2.13. The van der Waals surface area contributed by atoms with E-state index in [4.69, 9.17) is 0 Å². The van der Waals surface area contributed by atoms with E-state index in [0.29, 0.717) is 11.4 Å². The van der Waals surface area contributed by atoms with Gasteiger partial charge in [0.25, 0.3) is 5.91 Å². The van der Waals surface area contributed by atoms with Gasteiger partial charge in [0.2, 0.25) is 5.91 Å². The molecule has 110 valence electrons. The molecule has 1 aromatic carbocycles. The molecule has 0 bridgehead atoms. The van der Waals surface area contributed by atoms with Gasteiger partial charge in [-0.3, -0.25) is 9.59 Å². The lowest BCUT2D eigenvalue weighted by atomic mass is 10.2. The molecule has 2 N–H and O–H groups in total. The van der Waals surface area contributed by atoms with Gasteiger partial charge in [-0.15, -0.1) is 10.2 Å². The quantitative estimate of drug-likeness (QED) is 0.834. The Morgan fingerprint density at radius 3 is 2.62 bits per heavy atom. The maximum Gasteiger partial charge on any atom is 0.251 e. The van der Waals surface area contributed by atoms with Gasteiger partial charge in [-0.25, -0.2) is 0 Å². The number of hydrogen-bond acceptors (Lipinski definition) is 4. The van der Waals surface area contributed by atoms with Crippen molar-refractivity contribution < 1.29 is 9.59 Å². The summed E-state index contributed by atoms with van der Waals surface area (Å²) in [4.78, 5) is 23.6. The van der Waals surface area contributed by atoms with Gasteiger partial charge in [-0.1, -0.05) is 18.2 Å². The molecule has 2 rings (SSSR count). The Bertz CT molecular complexity index is 623. The Morgan fingerprint density at radius 1 is 1.29 bits per heavy atom. The SMILES string of the molecule is C[C@H](NC(=O)CNC(=O)c1ccccc1)c1nncn1C. The van der Waals surface area contributed by atoms with Gasteiger partial charge in [0, 0.05) is 12.6 Å². The first-order valence-corrected chi connectivity index (χ1v) is 6.54. The first kappa shape index (κ1) is 14.7. The van der Waals surface area contributed by atoms with Crippen molar-refractivity contribution in [3.63, 3.8) is 0 Å². The van der Waals surface area contributed by atoms with E-state index in [1.165, 1.54) is 0 Å². The summed E-state index contributed by atoms with van der Waals surface area (Å²) in [6, 6.07) is 8.46. The van der Waals surface area contributed by atoms with Crippen molar-refractivity contribution in [3.8, 4) is 0 Å². The summed E-state index contributed by atoms with van der Waals surface area (Å²) in [6.07, 6.45) is 1.56. The van der Waals surface area contributed by atoms with Crippen molar-refractivity contribution in [3.05, 3.63) is 48.0 Å². The van der Waals surface area contributed by atoms with Crippen LogP contribution in [-0.4, -0.2) is 33.1 Å². The molecule has 0 aliphatic carbocycles. The zero-order valence-electron chi connectivity index (χ0n) is 11.9. The minimum Gasteiger partial charge on any atom is -0.345 e. The lowest BCUT2D eigenvalue weighted by molar-refractivity contribution is -0.120. The Kier molecular flexibility index (Phi) is 4.65. The predicted octanol–water partition coefficient (Wildman–Crippen LogP) is 0.422. The van der Waals surface area contributed by atoms with Gasteiger partial charge in [0.1, 0.15) is 6.33 Å². The standard InChI is InChI=1S/C14H17N5O2/c1-10(13-18-16-9-19(13)2)17-12(20)8-15-14(21)11-6-4-3-5-7-11/h3-7,9-10H,8H2,1-2H3,(H,15,21)(H,17,20)/t10-/m0/s1. The highest BCUT2D eigenvalue weighted by Gasteiger charge is 2.14. The van der Waals surface area contributed by atoms with Crippen LogP contribution in [0.25, 0.3) is 0 Å². The number of amides is 2. The highest BCUT2D eigenvalue weighted by molar-refractivity contribution is 5.96. The summed E-state index contributed by atoms with van der Waals surface area (Å²) < 4.78 is 1.73. The minimum absolute atomic E-state index is 0.0874. The van der Waals surface area contributed by atoms with Crippen molar-refractivity contribution in [1.82, 2.24) is 25.4 Å². The second-order valence-corrected chi connectivity index (χ2v) is 4.64. The van der Waals surface area contributed by atoms with Crippen molar-refractivity contribution in [2.24, 2.45) is 7.05 Å². The molecule has 0 aliphatic heterocycles. The zero-order chi connectivity index (χ0) is 15.2. The average molecular weight is 287 g/mol. The number of hydrogen-bond donors (Lipinski definition) is 2. The number of aryl methyl sites for hydroxylation is 1. The van der Waals surface area contributed by atoms with Gasteiger partial charge < -0.3 is 15.2 Å². The first-order valence-electron chi connectivity index (χ1n) is 6.54. The lowest BCUT2D eigenvalue weighted by Crippen LogP contribution is -2.38. The minimum atomic E-state index is -0.283. The van der Waals surface area contributed by atoms with Crippen LogP contribution in [0.5, 0.6) is 0 Å². The van der Waals surface area contributed by atoms with Crippen molar-refractivity contribution in [1.29, 1.82) is 0 Å². The molecule has 0 unspecified atom stereocenters. The summed E-state index contributed by atoms with van der Waals surface area (Å²) in [6.45, 7) is 1.72. The van der Waals surface area contributed by atoms with Crippen LogP contribution in [-0.2, 0) is 11.8 Å². The normalized spacial score (nSPS) is 11.7. The zero-order valence-corrected chi connectivity index (χ0v) is 11.9. The summed E-state index contributed by atoms with van der Waals surface area (Å²) in [7, 11) is 1.80. The molecule has 0 spiro atoms. The highest BCUT2D eigenvalue weighted by Crippen LogP contribution is 2.06. The van der Waals surface area contributed by atoms with E-state index in [1.54, 1.807) is 49.1 Å². The van der Waals surface area contributed by atoms with E-state index < -0.39 is 0 Å². The molecule has 1 aromatic heterocycles. The molecule has 2 aromatic rings. The molecule has 7 nitrogen and oxygen atoms in total. The molecule has 1 heterocycles. The highest BCUT2D eigenvalue weighted by atomic mass is 16.2. The fourth-order valence-corrected chi connectivity index (χ4v) is 1.89. The van der Waals surface area contributed by atoms with Gasteiger partial charge in [-0.05, 0) is 19.1 Å². The topological polar surface area (TPSA) is 88.9 Å². The fraction of sp³-hybridized carbons (Fsp3) is 0.286. The van der Waals surface area contributed by atoms with E-state index in [2.05, 4.69) is 20.8 Å². The average Bonchev–Trinajstić information content (AvgIpc) is 2.92. The number of rotatable bonds is 5. The Labute approximate surface area is 122 Å². The first-order chi connectivity index (χ1) is 10.1. The molecule has 21 heavy (non-hydrogen) atoms. The molecule has 0 saturated carbocycles. The van der Waals surface area contributed by atoms with E-state index in [-0.39, 0.29) is 24.4 Å². The Hall–Kier alpha value is -2.70. The molecule has 2 amide bonds. The second-order valence-electron chi connectivity index (χ2n) is 4.64. The fourth-order valence-electron chi connectivity index (χ4n) is 1.89. The van der Waals surface area contributed by atoms with Crippen molar-refractivity contribution in [2.75, 3.05) is 6.54 Å². The number of carbonyl (C=O) groups excluding carboxylic acids is 2. The number of aromatic nitrogens is 3. The third-order valence-electron chi connectivity index (χ3n) is 2.96. The number of nitrogens with zero attached hydrogens (tertiary/aromatic N) is 3. The summed E-state index contributed by atoms with van der Waals surface area (Å²) in [5.41, 5.74) is 0.520. The molecule has 0 aliphatic rings. The smallest absolute Gasteiger partial charge is 0.251 e. The van der Waals surface area contributed by atoms with Crippen LogP contribution >= 0.6 is 0 Å². The summed E-state index contributed by atoms with van der Waals surface area (Å²) in [5.74, 6) is 0.0876. The van der Waals surface area contributed by atoms with Crippen LogP contribution in [0.4, 0.5) is 0 Å². The largest absolute Gasteiger partial charge is 0.345 e. The van der Waals surface area contributed by atoms with Gasteiger partial charge in [0.15, 0.2) is 5.82 Å². The number of nitrogens with one attached hydrogen (secondary N) is 2. The van der Waals surface area contributed by atoms with E-state index >= 15 is 0 Å². The third-order valence-corrected chi connectivity index (χ3v) is 2.96. The second kappa shape index (κ2) is 6.65.